The van der Waals surface area contributed by atoms with Crippen LogP contribution in [0.15, 0.2) is 0 Å². The molecule has 1 saturated heterocycles. The van der Waals surface area contributed by atoms with Gasteiger partial charge < -0.3 is 40.6 Å². The van der Waals surface area contributed by atoms with Gasteiger partial charge in [0.15, 0.2) is 6.17 Å². The number of alkyl halides is 2. The van der Waals surface area contributed by atoms with E-state index in [-0.39, 0.29) is 25.6 Å². The van der Waals surface area contributed by atoms with Gasteiger partial charge in [-0.05, 0) is 40.0 Å². The summed E-state index contributed by atoms with van der Waals surface area (Å²) in [6, 6.07) is -3.37. The summed E-state index contributed by atoms with van der Waals surface area (Å²) in [5.41, 5.74) is 5.07. The molecule has 7 atom stereocenters. The van der Waals surface area contributed by atoms with Gasteiger partial charge in [-0.2, -0.15) is 4.39 Å². The van der Waals surface area contributed by atoms with Crippen LogP contribution in [0, 0.1) is 5.41 Å². The molecular formula is C21H36F2N2O9. The Balaban J connectivity index is 2.72. The van der Waals surface area contributed by atoms with Crippen molar-refractivity contribution in [1.82, 2.24) is 5.32 Å². The second kappa shape index (κ2) is 12.7. The molecule has 0 saturated carbocycles. The van der Waals surface area contributed by atoms with Gasteiger partial charge in [-0.1, -0.05) is 0 Å². The van der Waals surface area contributed by atoms with Crippen LogP contribution in [-0.2, 0) is 28.6 Å². The fourth-order valence-corrected chi connectivity index (χ4v) is 3.19. The van der Waals surface area contributed by atoms with Crippen molar-refractivity contribution >= 4 is 17.8 Å². The van der Waals surface area contributed by atoms with Gasteiger partial charge in [0.05, 0.1) is 37.3 Å². The number of amides is 1. The highest BCUT2D eigenvalue weighted by Crippen LogP contribution is 2.36. The molecule has 0 unspecified atom stereocenters. The van der Waals surface area contributed by atoms with Crippen molar-refractivity contribution in [2.75, 3.05) is 19.8 Å². The van der Waals surface area contributed by atoms with Crippen molar-refractivity contribution < 1.29 is 52.7 Å². The van der Waals surface area contributed by atoms with Crippen LogP contribution >= 0.6 is 0 Å². The Morgan fingerprint density at radius 2 is 1.71 bits per heavy atom. The lowest BCUT2D eigenvalue weighted by atomic mass is 9.86. The zero-order chi connectivity index (χ0) is 26.3. The Morgan fingerprint density at radius 3 is 2.21 bits per heavy atom. The molecule has 1 aliphatic rings. The lowest BCUT2D eigenvalue weighted by Gasteiger charge is -2.46. The average molecular weight is 499 g/mol. The fraction of sp³-hybridized carbons (Fsp3) is 0.857. The largest absolute Gasteiger partial charge is 0.465 e. The molecular weight excluding hydrogens is 462 g/mol. The number of unbranched alkanes of at least 4 members (excludes halogenated alkanes) is 2. The van der Waals surface area contributed by atoms with E-state index in [1.54, 1.807) is 20.8 Å². The van der Waals surface area contributed by atoms with E-state index in [2.05, 4.69) is 5.32 Å². The minimum absolute atomic E-state index is 0.152. The first-order valence-electron chi connectivity index (χ1n) is 11.0. The normalized spacial score (nSPS) is 29.1. The van der Waals surface area contributed by atoms with Gasteiger partial charge in [-0.15, -0.1) is 0 Å². The average Bonchev–Trinajstić information content (AvgIpc) is 2.76. The summed E-state index contributed by atoms with van der Waals surface area (Å²) in [4.78, 5) is 35.4. The second-order valence-electron chi connectivity index (χ2n) is 9.26. The molecule has 0 aromatic rings. The Kier molecular flexibility index (Phi) is 11.2. The molecule has 6 N–H and O–H groups in total. The summed E-state index contributed by atoms with van der Waals surface area (Å²) in [7, 11) is 0. The number of esters is 2. The molecule has 198 valence electrons. The summed E-state index contributed by atoms with van der Waals surface area (Å²) in [6.07, 6.45) is -7.35. The Morgan fingerprint density at radius 1 is 1.15 bits per heavy atom. The highest BCUT2D eigenvalue weighted by molar-refractivity contribution is 5.79. The van der Waals surface area contributed by atoms with Crippen molar-refractivity contribution in [1.29, 1.82) is 0 Å². The number of carbonyl (C=O) groups excluding carboxylic acids is 3. The van der Waals surface area contributed by atoms with Gasteiger partial charge in [0, 0.05) is 6.92 Å². The smallest absolute Gasteiger partial charge is 0.375 e. The molecule has 1 rings (SSSR count). The molecule has 34 heavy (non-hydrogen) atoms. The third-order valence-electron chi connectivity index (χ3n) is 5.20. The number of hydrogen-bond donors (Lipinski definition) is 5. The molecule has 0 aromatic heterocycles. The van der Waals surface area contributed by atoms with E-state index in [0.717, 1.165) is 6.92 Å². The fourth-order valence-electron chi connectivity index (χ4n) is 3.19. The molecule has 11 nitrogen and oxygen atoms in total. The topological polar surface area (TPSA) is 178 Å². The summed E-state index contributed by atoms with van der Waals surface area (Å²) < 4.78 is 44.9. The van der Waals surface area contributed by atoms with Crippen LogP contribution in [0.1, 0.15) is 47.0 Å². The van der Waals surface area contributed by atoms with Crippen molar-refractivity contribution in [2.24, 2.45) is 11.1 Å². The van der Waals surface area contributed by atoms with E-state index < -0.39 is 66.3 Å². The predicted molar refractivity (Wildman–Crippen MR) is 114 cm³/mol. The Labute approximate surface area is 196 Å². The van der Waals surface area contributed by atoms with E-state index in [1.807, 2.05) is 0 Å². The molecule has 1 fully saturated rings. The number of ether oxygens (including phenoxy) is 3. The number of aliphatic hydroxyl groups is 3. The number of halogens is 2. The predicted octanol–water partition coefficient (Wildman–Crippen LogP) is -0.762. The van der Waals surface area contributed by atoms with E-state index in [0.29, 0.717) is 12.8 Å². The van der Waals surface area contributed by atoms with E-state index in [4.69, 9.17) is 25.1 Å². The molecule has 13 heteroatoms. The minimum atomic E-state index is -3.72. The van der Waals surface area contributed by atoms with Crippen molar-refractivity contribution in [2.45, 2.75) is 89.4 Å². The maximum atomic E-state index is 15.4. The summed E-state index contributed by atoms with van der Waals surface area (Å²) >= 11 is 0. The standard InChI is InChI=1S/C21H36F2N2O9/c1-11(27)25-14-13(24)17(22)21(23,34-16(14)15(29)12(28)10-26)19(31)33-9-7-5-6-8-32-18(30)20(2,3)4/h12-17,26,28-29H,5-10,24H2,1-4H3,(H,25,27)/t12-,13-,14-,15-,16-,17-,21-/m1/s1. The van der Waals surface area contributed by atoms with Crippen molar-refractivity contribution in [3.8, 4) is 0 Å². The molecule has 0 radical (unpaired) electrons. The zero-order valence-corrected chi connectivity index (χ0v) is 19.8. The van der Waals surface area contributed by atoms with Gasteiger partial charge in [0.2, 0.25) is 5.91 Å². The highest BCUT2D eigenvalue weighted by atomic mass is 19.2. The van der Waals surface area contributed by atoms with Crippen LogP contribution in [0.5, 0.6) is 0 Å². The molecule has 0 aliphatic carbocycles. The maximum Gasteiger partial charge on any atom is 0.375 e. The quantitative estimate of drug-likeness (QED) is 0.180. The summed E-state index contributed by atoms with van der Waals surface area (Å²) in [6.45, 7) is 5.09. The molecule has 0 aromatic carbocycles. The molecule has 1 aliphatic heterocycles. The molecule has 0 bridgehead atoms. The number of hydrogen-bond acceptors (Lipinski definition) is 10. The number of nitrogens with one attached hydrogen (secondary N) is 1. The van der Waals surface area contributed by atoms with Gasteiger partial charge in [-0.3, -0.25) is 9.59 Å². The number of rotatable bonds is 11. The van der Waals surface area contributed by atoms with Gasteiger partial charge in [-0.25, -0.2) is 9.18 Å². The van der Waals surface area contributed by atoms with Crippen LogP contribution in [0.2, 0.25) is 0 Å². The van der Waals surface area contributed by atoms with E-state index >= 15 is 4.39 Å². The van der Waals surface area contributed by atoms with Crippen molar-refractivity contribution in [3.63, 3.8) is 0 Å². The van der Waals surface area contributed by atoms with E-state index in [9.17, 15) is 29.0 Å². The van der Waals surface area contributed by atoms with Crippen LogP contribution in [0.25, 0.3) is 0 Å². The summed E-state index contributed by atoms with van der Waals surface area (Å²) in [5.74, 6) is -6.53. The lowest BCUT2D eigenvalue weighted by Crippen LogP contribution is -2.73. The maximum absolute atomic E-state index is 15.4. The highest BCUT2D eigenvalue weighted by Gasteiger charge is 2.62. The SMILES string of the molecule is CC(=O)N[C@@H]1[C@@H](N)[C@@H](F)[C@](F)(C(=O)OCCCCCOC(=O)C(C)(C)C)O[C@H]1[C@H](O)[C@H](O)CO. The first-order chi connectivity index (χ1) is 15.7. The Hall–Kier alpha value is -1.93. The number of carbonyl (C=O) groups is 3. The third-order valence-corrected chi connectivity index (χ3v) is 5.20. The van der Waals surface area contributed by atoms with Crippen LogP contribution < -0.4 is 11.1 Å². The lowest BCUT2D eigenvalue weighted by molar-refractivity contribution is -0.278. The van der Waals surface area contributed by atoms with Gasteiger partial charge in [0.25, 0.3) is 0 Å². The molecule has 1 amide bonds. The van der Waals surface area contributed by atoms with E-state index in [1.165, 1.54) is 0 Å². The summed E-state index contributed by atoms with van der Waals surface area (Å²) in [5, 5.41) is 31.2. The first kappa shape index (κ1) is 30.1. The Bertz CT molecular complexity index is 706. The number of aliphatic hydroxyl groups excluding tert-OH is 3. The monoisotopic (exact) mass is 498 g/mol. The number of nitrogens with two attached hydrogens (primary N) is 1. The molecule has 1 heterocycles. The first-order valence-corrected chi connectivity index (χ1v) is 11.0. The molecule has 0 spiro atoms. The van der Waals surface area contributed by atoms with Crippen molar-refractivity contribution in [3.05, 3.63) is 0 Å². The van der Waals surface area contributed by atoms with Crippen LogP contribution in [0.4, 0.5) is 8.78 Å². The van der Waals surface area contributed by atoms with Crippen LogP contribution in [0.3, 0.4) is 0 Å². The minimum Gasteiger partial charge on any atom is -0.465 e. The van der Waals surface area contributed by atoms with Gasteiger partial charge in [0.1, 0.15) is 18.3 Å². The zero-order valence-electron chi connectivity index (χ0n) is 19.8. The van der Waals surface area contributed by atoms with Crippen LogP contribution in [-0.4, -0.2) is 95.4 Å². The third kappa shape index (κ3) is 7.80. The second-order valence-corrected chi connectivity index (χ2v) is 9.26. The van der Waals surface area contributed by atoms with Gasteiger partial charge >= 0.3 is 17.8 Å².